The van der Waals surface area contributed by atoms with Crippen LogP contribution in [0.2, 0.25) is 0 Å². The van der Waals surface area contributed by atoms with Crippen molar-refractivity contribution < 1.29 is 13.9 Å². The number of nitrogens with one attached hydrogen (secondary N) is 2. The van der Waals surface area contributed by atoms with E-state index in [1.807, 2.05) is 6.92 Å². The summed E-state index contributed by atoms with van der Waals surface area (Å²) in [5.74, 6) is -0.354. The van der Waals surface area contributed by atoms with E-state index in [0.717, 1.165) is 19.4 Å². The van der Waals surface area contributed by atoms with Crippen molar-refractivity contribution in [1.29, 1.82) is 0 Å². The standard InChI is InChI=1S/C14H19FN2O2/c1-9-12(4-3-7-16-9)17-14(18)11-8-10(15)5-6-13(11)19-2/h5-6,8-9,12,16H,3-4,7H2,1-2H3,(H,17,18). The minimum absolute atomic E-state index is 0.0641. The van der Waals surface area contributed by atoms with E-state index in [2.05, 4.69) is 10.6 Å². The minimum Gasteiger partial charge on any atom is -0.496 e. The van der Waals surface area contributed by atoms with Gasteiger partial charge in [-0.2, -0.15) is 0 Å². The Morgan fingerprint density at radius 3 is 3.00 bits per heavy atom. The summed E-state index contributed by atoms with van der Waals surface area (Å²) in [6, 6.07) is 4.23. The van der Waals surface area contributed by atoms with Gasteiger partial charge in [0.1, 0.15) is 11.6 Å². The highest BCUT2D eigenvalue weighted by molar-refractivity contribution is 5.97. The molecule has 0 spiro atoms. The van der Waals surface area contributed by atoms with Gasteiger partial charge in [0.05, 0.1) is 12.7 Å². The number of methoxy groups -OCH3 is 1. The van der Waals surface area contributed by atoms with Crippen LogP contribution in [-0.2, 0) is 0 Å². The van der Waals surface area contributed by atoms with Crippen LogP contribution < -0.4 is 15.4 Å². The predicted octanol–water partition coefficient (Wildman–Crippen LogP) is 1.70. The third kappa shape index (κ3) is 3.23. The first-order valence-electron chi connectivity index (χ1n) is 6.49. The Hall–Kier alpha value is -1.62. The number of rotatable bonds is 3. The van der Waals surface area contributed by atoms with Gasteiger partial charge in [-0.05, 0) is 44.5 Å². The third-order valence-electron chi connectivity index (χ3n) is 3.48. The number of ether oxygens (including phenoxy) is 1. The molecule has 1 fully saturated rings. The lowest BCUT2D eigenvalue weighted by Crippen LogP contribution is -2.51. The second-order valence-electron chi connectivity index (χ2n) is 4.81. The number of halogens is 1. The molecule has 1 heterocycles. The largest absolute Gasteiger partial charge is 0.496 e. The van der Waals surface area contributed by atoms with Crippen LogP contribution in [0.15, 0.2) is 18.2 Å². The zero-order chi connectivity index (χ0) is 13.8. The number of benzene rings is 1. The summed E-state index contributed by atoms with van der Waals surface area (Å²) in [7, 11) is 1.47. The summed E-state index contributed by atoms with van der Waals surface area (Å²) in [4.78, 5) is 12.2. The van der Waals surface area contributed by atoms with Crippen LogP contribution in [0.3, 0.4) is 0 Å². The number of hydrogen-bond donors (Lipinski definition) is 2. The monoisotopic (exact) mass is 266 g/mol. The van der Waals surface area contributed by atoms with Crippen LogP contribution in [0.4, 0.5) is 4.39 Å². The van der Waals surface area contributed by atoms with Gasteiger partial charge < -0.3 is 15.4 Å². The molecule has 104 valence electrons. The van der Waals surface area contributed by atoms with Gasteiger partial charge >= 0.3 is 0 Å². The number of piperidine rings is 1. The third-order valence-corrected chi connectivity index (χ3v) is 3.48. The molecule has 2 unspecified atom stereocenters. The molecule has 1 aliphatic heterocycles. The van der Waals surface area contributed by atoms with Crippen molar-refractivity contribution in [1.82, 2.24) is 10.6 Å². The molecule has 4 nitrogen and oxygen atoms in total. The SMILES string of the molecule is COc1ccc(F)cc1C(=O)NC1CCCNC1C. The topological polar surface area (TPSA) is 50.4 Å². The van der Waals surface area contributed by atoms with E-state index in [9.17, 15) is 9.18 Å². The Labute approximate surface area is 112 Å². The van der Waals surface area contributed by atoms with Crippen LogP contribution in [-0.4, -0.2) is 31.6 Å². The number of amides is 1. The molecule has 0 saturated carbocycles. The van der Waals surface area contributed by atoms with Gasteiger partial charge in [-0.25, -0.2) is 4.39 Å². The lowest BCUT2D eigenvalue weighted by molar-refractivity contribution is 0.0916. The van der Waals surface area contributed by atoms with Crippen molar-refractivity contribution in [3.63, 3.8) is 0 Å². The molecule has 1 aromatic carbocycles. The lowest BCUT2D eigenvalue weighted by atomic mass is 9.99. The van der Waals surface area contributed by atoms with Crippen LogP contribution in [0, 0.1) is 5.82 Å². The van der Waals surface area contributed by atoms with Crippen molar-refractivity contribution in [2.24, 2.45) is 0 Å². The lowest BCUT2D eigenvalue weighted by Gasteiger charge is -2.30. The van der Waals surface area contributed by atoms with E-state index in [0.29, 0.717) is 5.75 Å². The smallest absolute Gasteiger partial charge is 0.255 e. The summed E-state index contributed by atoms with van der Waals surface area (Å²) in [5, 5.41) is 6.25. The molecule has 1 saturated heterocycles. The first kappa shape index (κ1) is 13.8. The van der Waals surface area contributed by atoms with Gasteiger partial charge in [0.25, 0.3) is 5.91 Å². The van der Waals surface area contributed by atoms with E-state index >= 15 is 0 Å². The molecule has 2 atom stereocenters. The van der Waals surface area contributed by atoms with E-state index in [4.69, 9.17) is 4.74 Å². The first-order valence-corrected chi connectivity index (χ1v) is 6.49. The zero-order valence-electron chi connectivity index (χ0n) is 11.2. The van der Waals surface area contributed by atoms with Gasteiger partial charge in [0.15, 0.2) is 0 Å². The molecule has 0 aromatic heterocycles. The van der Waals surface area contributed by atoms with Gasteiger partial charge in [-0.15, -0.1) is 0 Å². The molecule has 0 aliphatic carbocycles. The van der Waals surface area contributed by atoms with E-state index in [1.165, 1.54) is 25.3 Å². The Morgan fingerprint density at radius 1 is 1.53 bits per heavy atom. The fourth-order valence-corrected chi connectivity index (χ4v) is 2.34. The Kier molecular flexibility index (Phi) is 4.37. The normalized spacial score (nSPS) is 22.9. The molecular formula is C14H19FN2O2. The zero-order valence-corrected chi connectivity index (χ0v) is 11.2. The molecular weight excluding hydrogens is 247 g/mol. The molecule has 1 aliphatic rings. The molecule has 19 heavy (non-hydrogen) atoms. The van der Waals surface area contributed by atoms with Gasteiger partial charge in [0.2, 0.25) is 0 Å². The van der Waals surface area contributed by atoms with Crippen molar-refractivity contribution >= 4 is 5.91 Å². The van der Waals surface area contributed by atoms with E-state index < -0.39 is 5.82 Å². The number of carbonyl (C=O) groups excluding carboxylic acids is 1. The van der Waals surface area contributed by atoms with Gasteiger partial charge in [0, 0.05) is 12.1 Å². The highest BCUT2D eigenvalue weighted by atomic mass is 19.1. The van der Waals surface area contributed by atoms with Crippen molar-refractivity contribution in [3.05, 3.63) is 29.6 Å². The highest BCUT2D eigenvalue weighted by Crippen LogP contribution is 2.20. The van der Waals surface area contributed by atoms with E-state index in [-0.39, 0.29) is 23.6 Å². The maximum atomic E-state index is 13.3. The summed E-state index contributed by atoms with van der Waals surface area (Å²) < 4.78 is 18.3. The van der Waals surface area contributed by atoms with E-state index in [1.54, 1.807) is 0 Å². The summed E-state index contributed by atoms with van der Waals surface area (Å²) >= 11 is 0. The second-order valence-corrected chi connectivity index (χ2v) is 4.81. The maximum Gasteiger partial charge on any atom is 0.255 e. The van der Waals surface area contributed by atoms with Crippen LogP contribution in [0.5, 0.6) is 5.75 Å². The Balaban J connectivity index is 2.13. The summed E-state index contributed by atoms with van der Waals surface area (Å²) in [5.41, 5.74) is 0.236. The highest BCUT2D eigenvalue weighted by Gasteiger charge is 2.24. The fraction of sp³-hybridized carbons (Fsp3) is 0.500. The van der Waals surface area contributed by atoms with Crippen LogP contribution in [0.25, 0.3) is 0 Å². The molecule has 2 rings (SSSR count). The quantitative estimate of drug-likeness (QED) is 0.875. The fourth-order valence-electron chi connectivity index (χ4n) is 2.34. The molecule has 0 bridgehead atoms. The minimum atomic E-state index is -0.444. The average molecular weight is 266 g/mol. The summed E-state index contributed by atoms with van der Waals surface area (Å²) in [6.07, 6.45) is 1.95. The van der Waals surface area contributed by atoms with Crippen LogP contribution >= 0.6 is 0 Å². The average Bonchev–Trinajstić information content (AvgIpc) is 2.41. The molecule has 1 aromatic rings. The molecule has 1 amide bonds. The van der Waals surface area contributed by atoms with Gasteiger partial charge in [-0.3, -0.25) is 4.79 Å². The summed E-state index contributed by atoms with van der Waals surface area (Å²) in [6.45, 7) is 3.00. The van der Waals surface area contributed by atoms with Crippen LogP contribution in [0.1, 0.15) is 30.1 Å². The maximum absolute atomic E-state index is 13.3. The molecule has 5 heteroatoms. The predicted molar refractivity (Wildman–Crippen MR) is 70.9 cm³/mol. The second kappa shape index (κ2) is 6.02. The van der Waals surface area contributed by atoms with Crippen molar-refractivity contribution in [2.45, 2.75) is 31.8 Å². The van der Waals surface area contributed by atoms with Gasteiger partial charge in [-0.1, -0.05) is 0 Å². The Morgan fingerprint density at radius 2 is 2.32 bits per heavy atom. The first-order chi connectivity index (χ1) is 9.11. The molecule has 0 radical (unpaired) electrons. The van der Waals surface area contributed by atoms with Crippen molar-refractivity contribution in [3.8, 4) is 5.75 Å². The Bertz CT molecular complexity index is 465. The number of carbonyl (C=O) groups is 1. The van der Waals surface area contributed by atoms with Crippen molar-refractivity contribution in [2.75, 3.05) is 13.7 Å². The molecule has 2 N–H and O–H groups in total. The number of hydrogen-bond acceptors (Lipinski definition) is 3.